The predicted molar refractivity (Wildman–Crippen MR) is 66.9 cm³/mol. The fourth-order valence-electron chi connectivity index (χ4n) is 1.52. The van der Waals surface area contributed by atoms with Gasteiger partial charge in [0.25, 0.3) is 5.91 Å². The van der Waals surface area contributed by atoms with Crippen LogP contribution >= 0.6 is 0 Å². The molecule has 2 aromatic rings. The summed E-state index contributed by atoms with van der Waals surface area (Å²) in [5.74, 6) is -0.908. The van der Waals surface area contributed by atoms with Crippen LogP contribution in [0.2, 0.25) is 0 Å². The topological polar surface area (TPSA) is 104 Å². The Hall–Kier alpha value is -2.70. The van der Waals surface area contributed by atoms with Gasteiger partial charge in [-0.1, -0.05) is 0 Å². The van der Waals surface area contributed by atoms with Crippen molar-refractivity contribution in [3.8, 4) is 17.1 Å². The molecule has 0 radical (unpaired) electrons. The summed E-state index contributed by atoms with van der Waals surface area (Å²) in [5.41, 5.74) is 11.3. The number of hydrogen-bond acceptors (Lipinski definition) is 5. The van der Waals surface area contributed by atoms with Crippen molar-refractivity contribution in [2.24, 2.45) is 5.73 Å². The first-order chi connectivity index (χ1) is 9.02. The fourth-order valence-corrected chi connectivity index (χ4v) is 1.52. The maximum Gasteiger partial charge on any atom is 0.254 e. The monoisotopic (exact) mass is 262 g/mol. The summed E-state index contributed by atoms with van der Waals surface area (Å²) in [6, 6.07) is 4.15. The number of anilines is 1. The molecule has 7 heteroatoms. The Balaban J connectivity index is 2.48. The van der Waals surface area contributed by atoms with Crippen LogP contribution in [-0.4, -0.2) is 23.0 Å². The third-order valence-corrected chi connectivity index (χ3v) is 2.49. The van der Waals surface area contributed by atoms with Crippen molar-refractivity contribution < 1.29 is 13.9 Å². The molecular weight excluding hydrogens is 251 g/mol. The van der Waals surface area contributed by atoms with Gasteiger partial charge in [-0.2, -0.15) is 0 Å². The molecule has 4 N–H and O–H groups in total. The van der Waals surface area contributed by atoms with Crippen molar-refractivity contribution in [3.63, 3.8) is 0 Å². The number of benzene rings is 1. The first-order valence-corrected chi connectivity index (χ1v) is 5.29. The van der Waals surface area contributed by atoms with Gasteiger partial charge in [0.2, 0.25) is 0 Å². The van der Waals surface area contributed by atoms with E-state index in [1.54, 1.807) is 0 Å². The summed E-state index contributed by atoms with van der Waals surface area (Å²) in [5, 5.41) is 0. The van der Waals surface area contributed by atoms with Crippen LogP contribution in [0.5, 0.6) is 5.75 Å². The molecule has 1 aromatic carbocycles. The molecule has 0 atom stereocenters. The molecule has 0 bridgehead atoms. The molecule has 0 spiro atoms. The number of aromatic nitrogens is 2. The minimum atomic E-state index is -0.708. The molecule has 1 heterocycles. The van der Waals surface area contributed by atoms with Gasteiger partial charge in [0.15, 0.2) is 17.4 Å². The highest BCUT2D eigenvalue weighted by atomic mass is 19.1. The molecule has 0 unspecified atom stereocenters. The highest BCUT2D eigenvalue weighted by Crippen LogP contribution is 2.24. The minimum Gasteiger partial charge on any atom is -0.494 e. The average Bonchev–Trinajstić information content (AvgIpc) is 2.38. The van der Waals surface area contributed by atoms with Crippen LogP contribution < -0.4 is 16.2 Å². The van der Waals surface area contributed by atoms with Gasteiger partial charge in [-0.05, 0) is 18.2 Å². The molecule has 2 rings (SSSR count). The highest BCUT2D eigenvalue weighted by molar-refractivity contribution is 5.96. The van der Waals surface area contributed by atoms with E-state index < -0.39 is 11.7 Å². The number of halogens is 1. The van der Waals surface area contributed by atoms with E-state index in [-0.39, 0.29) is 23.0 Å². The largest absolute Gasteiger partial charge is 0.494 e. The number of amides is 1. The first kappa shape index (κ1) is 12.7. The Morgan fingerprint density at radius 3 is 2.74 bits per heavy atom. The van der Waals surface area contributed by atoms with Gasteiger partial charge in [0.05, 0.1) is 12.7 Å². The zero-order valence-corrected chi connectivity index (χ0v) is 10.1. The summed E-state index contributed by atoms with van der Waals surface area (Å²) >= 11 is 0. The number of hydrogen-bond donors (Lipinski definition) is 2. The zero-order chi connectivity index (χ0) is 14.0. The van der Waals surface area contributed by atoms with Crippen LogP contribution in [-0.2, 0) is 0 Å². The normalized spacial score (nSPS) is 10.2. The lowest BCUT2D eigenvalue weighted by Gasteiger charge is -2.06. The maximum atomic E-state index is 13.3. The van der Waals surface area contributed by atoms with Crippen LogP contribution in [0.1, 0.15) is 10.4 Å². The van der Waals surface area contributed by atoms with Crippen LogP contribution in [0.4, 0.5) is 10.2 Å². The Labute approximate surface area is 108 Å². The molecule has 1 amide bonds. The molecule has 19 heavy (non-hydrogen) atoms. The molecular formula is C12H11FN4O2. The summed E-state index contributed by atoms with van der Waals surface area (Å²) in [6.45, 7) is 0. The van der Waals surface area contributed by atoms with Gasteiger partial charge in [0.1, 0.15) is 5.82 Å². The van der Waals surface area contributed by atoms with Gasteiger partial charge < -0.3 is 16.2 Å². The van der Waals surface area contributed by atoms with Crippen molar-refractivity contribution >= 4 is 11.7 Å². The van der Waals surface area contributed by atoms with E-state index >= 15 is 0 Å². The zero-order valence-electron chi connectivity index (χ0n) is 10.1. The smallest absolute Gasteiger partial charge is 0.254 e. The van der Waals surface area contributed by atoms with Crippen molar-refractivity contribution in [3.05, 3.63) is 35.8 Å². The summed E-state index contributed by atoms with van der Waals surface area (Å²) in [6.07, 6.45) is 1.23. The molecule has 0 aliphatic carbocycles. The molecule has 6 nitrogen and oxygen atoms in total. The van der Waals surface area contributed by atoms with Crippen LogP contribution in [0.15, 0.2) is 24.4 Å². The van der Waals surface area contributed by atoms with E-state index in [0.29, 0.717) is 5.56 Å². The minimum absolute atomic E-state index is 0.0270. The number of rotatable bonds is 3. The molecule has 0 aliphatic rings. The number of nitrogens with two attached hydrogens (primary N) is 2. The Morgan fingerprint density at radius 1 is 1.42 bits per heavy atom. The third kappa shape index (κ3) is 2.44. The van der Waals surface area contributed by atoms with Crippen molar-refractivity contribution in [1.82, 2.24) is 9.97 Å². The quantitative estimate of drug-likeness (QED) is 0.857. The SMILES string of the molecule is COc1cc(-c2ncc(C(N)=O)c(N)n2)ccc1F. The van der Waals surface area contributed by atoms with Gasteiger partial charge in [0, 0.05) is 11.8 Å². The van der Waals surface area contributed by atoms with Gasteiger partial charge in [-0.3, -0.25) is 4.79 Å². The molecule has 0 aliphatic heterocycles. The van der Waals surface area contributed by atoms with Gasteiger partial charge in [-0.15, -0.1) is 0 Å². The van der Waals surface area contributed by atoms with Crippen molar-refractivity contribution in [2.75, 3.05) is 12.8 Å². The number of nitrogen functional groups attached to an aromatic ring is 1. The van der Waals surface area contributed by atoms with Crippen molar-refractivity contribution in [2.45, 2.75) is 0 Å². The van der Waals surface area contributed by atoms with E-state index in [1.807, 2.05) is 0 Å². The number of carbonyl (C=O) groups is 1. The van der Waals surface area contributed by atoms with E-state index in [9.17, 15) is 9.18 Å². The Bertz CT molecular complexity index is 646. The van der Waals surface area contributed by atoms with Crippen molar-refractivity contribution in [1.29, 1.82) is 0 Å². The average molecular weight is 262 g/mol. The summed E-state index contributed by atoms with van der Waals surface area (Å²) in [4.78, 5) is 18.9. The molecule has 0 fully saturated rings. The Kier molecular flexibility index (Phi) is 3.28. The summed E-state index contributed by atoms with van der Waals surface area (Å²) in [7, 11) is 1.35. The molecule has 0 saturated heterocycles. The molecule has 98 valence electrons. The third-order valence-electron chi connectivity index (χ3n) is 2.49. The number of methoxy groups -OCH3 is 1. The van der Waals surface area contributed by atoms with Gasteiger partial charge >= 0.3 is 0 Å². The van der Waals surface area contributed by atoms with Crippen LogP contribution in [0, 0.1) is 5.82 Å². The second-order valence-corrected chi connectivity index (χ2v) is 3.71. The second-order valence-electron chi connectivity index (χ2n) is 3.71. The van der Waals surface area contributed by atoms with E-state index in [0.717, 1.165) is 0 Å². The highest BCUT2D eigenvalue weighted by Gasteiger charge is 2.12. The maximum absolute atomic E-state index is 13.3. The van der Waals surface area contributed by atoms with Crippen LogP contribution in [0.3, 0.4) is 0 Å². The van der Waals surface area contributed by atoms with E-state index in [2.05, 4.69) is 9.97 Å². The number of ether oxygens (including phenoxy) is 1. The Morgan fingerprint density at radius 2 is 2.16 bits per heavy atom. The van der Waals surface area contributed by atoms with E-state index in [4.69, 9.17) is 16.2 Å². The number of nitrogens with zero attached hydrogens (tertiary/aromatic N) is 2. The molecule has 0 saturated carbocycles. The summed E-state index contributed by atoms with van der Waals surface area (Å²) < 4.78 is 18.1. The lowest BCUT2D eigenvalue weighted by Crippen LogP contribution is -2.15. The predicted octanol–water partition coefficient (Wildman–Crippen LogP) is 0.972. The molecule has 1 aromatic heterocycles. The lowest BCUT2D eigenvalue weighted by molar-refractivity contribution is 0.100. The lowest BCUT2D eigenvalue weighted by atomic mass is 10.2. The van der Waals surface area contributed by atoms with Crippen LogP contribution in [0.25, 0.3) is 11.4 Å². The first-order valence-electron chi connectivity index (χ1n) is 5.29. The van der Waals surface area contributed by atoms with E-state index in [1.165, 1.54) is 31.5 Å². The standard InChI is InChI=1S/C12H11FN4O2/c1-19-9-4-6(2-3-8(9)13)12-16-5-7(11(15)18)10(14)17-12/h2-5H,1H3,(H2,15,18)(H2,14,16,17). The second kappa shape index (κ2) is 4.89. The number of primary amides is 1. The fraction of sp³-hybridized carbons (Fsp3) is 0.0833. The van der Waals surface area contributed by atoms with Gasteiger partial charge in [-0.25, -0.2) is 14.4 Å². The number of carbonyl (C=O) groups excluding carboxylic acids is 1.